The molecule has 0 aliphatic carbocycles. The van der Waals surface area contributed by atoms with E-state index in [1.807, 2.05) is 6.92 Å². The van der Waals surface area contributed by atoms with Crippen LogP contribution in [0.15, 0.2) is 57.9 Å². The Kier molecular flexibility index (Phi) is 6.13. The maximum atomic E-state index is 12.7. The van der Waals surface area contributed by atoms with Crippen molar-refractivity contribution in [2.24, 2.45) is 5.73 Å². The summed E-state index contributed by atoms with van der Waals surface area (Å²) in [6, 6.07) is 12.9. The molecular formula is C18H18BrNO4S. The third-order valence-corrected chi connectivity index (χ3v) is 6.52. The summed E-state index contributed by atoms with van der Waals surface area (Å²) in [5, 5.41) is -1.44. The summed E-state index contributed by atoms with van der Waals surface area (Å²) in [6.45, 7) is 1.83. The number of amides is 1. The Balaban J connectivity index is 2.18. The zero-order valence-corrected chi connectivity index (χ0v) is 16.0. The number of sulfone groups is 1. The molecule has 2 rings (SSSR count). The maximum Gasteiger partial charge on any atom is 0.236 e. The number of primary amides is 1. The fourth-order valence-electron chi connectivity index (χ4n) is 2.38. The van der Waals surface area contributed by atoms with Gasteiger partial charge in [-0.15, -0.1) is 0 Å². The molecule has 2 N–H and O–H groups in total. The van der Waals surface area contributed by atoms with E-state index in [9.17, 15) is 18.0 Å². The van der Waals surface area contributed by atoms with Gasteiger partial charge in [0.15, 0.2) is 15.6 Å². The molecule has 0 aromatic heterocycles. The second-order valence-corrected chi connectivity index (χ2v) is 8.76. The molecule has 0 aliphatic rings. The minimum atomic E-state index is -3.94. The Morgan fingerprint density at radius 2 is 1.60 bits per heavy atom. The van der Waals surface area contributed by atoms with Gasteiger partial charge >= 0.3 is 0 Å². The Morgan fingerprint density at radius 3 is 2.12 bits per heavy atom. The van der Waals surface area contributed by atoms with Gasteiger partial charge in [0.1, 0.15) is 5.25 Å². The van der Waals surface area contributed by atoms with E-state index in [4.69, 9.17) is 5.73 Å². The Bertz CT molecular complexity index is 874. The highest BCUT2D eigenvalue weighted by Gasteiger charge is 2.32. The summed E-state index contributed by atoms with van der Waals surface area (Å²) < 4.78 is 26.2. The molecule has 1 amide bonds. The van der Waals surface area contributed by atoms with Gasteiger partial charge in [-0.25, -0.2) is 8.42 Å². The van der Waals surface area contributed by atoms with Crippen LogP contribution in [0.1, 0.15) is 28.8 Å². The number of ketones is 1. The molecule has 0 saturated carbocycles. The fraction of sp³-hybridized carbons (Fsp3) is 0.222. The van der Waals surface area contributed by atoms with E-state index in [1.165, 1.54) is 12.1 Å². The van der Waals surface area contributed by atoms with E-state index in [0.29, 0.717) is 5.56 Å². The van der Waals surface area contributed by atoms with Crippen LogP contribution >= 0.6 is 15.9 Å². The lowest BCUT2D eigenvalue weighted by atomic mass is 10.1. The summed E-state index contributed by atoms with van der Waals surface area (Å²) in [5.74, 6) is -1.19. The Morgan fingerprint density at radius 1 is 1.04 bits per heavy atom. The number of Topliss-reactive ketones (excluding diaryl/α,β-unsaturated/α-hetero) is 1. The zero-order chi connectivity index (χ0) is 18.6. The van der Waals surface area contributed by atoms with Crippen molar-refractivity contribution in [1.82, 2.24) is 0 Å². The van der Waals surface area contributed by atoms with Crippen molar-refractivity contribution >= 4 is 37.5 Å². The molecule has 1 atom stereocenters. The van der Waals surface area contributed by atoms with Crippen molar-refractivity contribution in [3.8, 4) is 0 Å². The van der Waals surface area contributed by atoms with E-state index >= 15 is 0 Å². The molecule has 5 nitrogen and oxygen atoms in total. The third-order valence-electron chi connectivity index (χ3n) is 3.84. The largest absolute Gasteiger partial charge is 0.369 e. The van der Waals surface area contributed by atoms with Gasteiger partial charge in [-0.3, -0.25) is 9.59 Å². The number of carbonyl (C=O) groups excluding carboxylic acids is 2. The Labute approximate surface area is 155 Å². The van der Waals surface area contributed by atoms with Crippen molar-refractivity contribution in [3.63, 3.8) is 0 Å². The van der Waals surface area contributed by atoms with Gasteiger partial charge in [-0.1, -0.05) is 45.8 Å². The number of rotatable bonds is 7. The summed E-state index contributed by atoms with van der Waals surface area (Å²) in [7, 11) is -3.94. The molecule has 1 unspecified atom stereocenters. The minimum absolute atomic E-state index is 0.0259. The quantitative estimate of drug-likeness (QED) is 0.692. The number of benzene rings is 2. The van der Waals surface area contributed by atoms with Crippen molar-refractivity contribution in [2.45, 2.75) is 29.9 Å². The molecule has 0 spiro atoms. The number of carbonyl (C=O) groups is 2. The van der Waals surface area contributed by atoms with E-state index in [-0.39, 0.29) is 23.5 Å². The lowest BCUT2D eigenvalue weighted by molar-refractivity contribution is -0.117. The minimum Gasteiger partial charge on any atom is -0.369 e. The second kappa shape index (κ2) is 7.93. The average molecular weight is 424 g/mol. The van der Waals surface area contributed by atoms with Crippen molar-refractivity contribution < 1.29 is 18.0 Å². The van der Waals surface area contributed by atoms with Crippen LogP contribution in [-0.2, 0) is 14.6 Å². The zero-order valence-electron chi connectivity index (χ0n) is 13.6. The van der Waals surface area contributed by atoms with Gasteiger partial charge < -0.3 is 5.73 Å². The van der Waals surface area contributed by atoms with Crippen molar-refractivity contribution in [2.75, 3.05) is 0 Å². The standard InChI is InChI=1S/C18H18BrNO4S/c1-12-2-8-15(9-3-12)25(23,24)17(18(20)22)11-10-16(21)13-4-6-14(19)7-5-13/h2-9,17H,10-11H2,1H3,(H2,20,22). The molecular weight excluding hydrogens is 406 g/mol. The first-order valence-corrected chi connectivity index (χ1v) is 9.94. The van der Waals surface area contributed by atoms with Gasteiger partial charge in [-0.05, 0) is 37.6 Å². The summed E-state index contributed by atoms with van der Waals surface area (Å²) in [5.41, 5.74) is 6.66. The molecule has 0 radical (unpaired) electrons. The predicted molar refractivity (Wildman–Crippen MR) is 99.1 cm³/mol. The van der Waals surface area contributed by atoms with Crippen LogP contribution in [0.3, 0.4) is 0 Å². The van der Waals surface area contributed by atoms with Gasteiger partial charge in [0.2, 0.25) is 5.91 Å². The van der Waals surface area contributed by atoms with Gasteiger partial charge in [0.05, 0.1) is 4.90 Å². The van der Waals surface area contributed by atoms with E-state index in [0.717, 1.165) is 10.0 Å². The molecule has 132 valence electrons. The number of halogens is 1. The number of aryl methyl sites for hydroxylation is 1. The van der Waals surface area contributed by atoms with Crippen LogP contribution < -0.4 is 5.73 Å². The first-order valence-electron chi connectivity index (χ1n) is 7.60. The lowest BCUT2D eigenvalue weighted by Crippen LogP contribution is -2.36. The van der Waals surface area contributed by atoms with E-state index in [2.05, 4.69) is 15.9 Å². The predicted octanol–water partition coefficient (Wildman–Crippen LogP) is 3.05. The van der Waals surface area contributed by atoms with Crippen molar-refractivity contribution in [3.05, 3.63) is 64.1 Å². The van der Waals surface area contributed by atoms with Gasteiger partial charge in [0.25, 0.3) is 0 Å². The summed E-state index contributed by atoms with van der Waals surface area (Å²) >= 11 is 3.28. The molecule has 2 aromatic rings. The lowest BCUT2D eigenvalue weighted by Gasteiger charge is -2.14. The number of nitrogens with two attached hydrogens (primary N) is 1. The third kappa shape index (κ3) is 4.76. The average Bonchev–Trinajstić information content (AvgIpc) is 2.55. The van der Waals surface area contributed by atoms with Crippen LogP contribution in [0.4, 0.5) is 0 Å². The molecule has 25 heavy (non-hydrogen) atoms. The topological polar surface area (TPSA) is 94.3 Å². The fourth-order valence-corrected chi connectivity index (χ4v) is 4.23. The van der Waals surface area contributed by atoms with Crippen LogP contribution in [0.25, 0.3) is 0 Å². The summed E-state index contributed by atoms with van der Waals surface area (Å²) in [6.07, 6.45) is -0.235. The normalized spacial score (nSPS) is 12.6. The summed E-state index contributed by atoms with van der Waals surface area (Å²) in [4.78, 5) is 24.0. The molecule has 0 aliphatic heterocycles. The SMILES string of the molecule is Cc1ccc(S(=O)(=O)C(CCC(=O)c2ccc(Br)cc2)C(N)=O)cc1. The smallest absolute Gasteiger partial charge is 0.236 e. The van der Waals surface area contributed by atoms with E-state index in [1.54, 1.807) is 36.4 Å². The molecule has 7 heteroatoms. The van der Waals surface area contributed by atoms with Gasteiger partial charge in [0, 0.05) is 16.5 Å². The molecule has 2 aromatic carbocycles. The highest BCUT2D eigenvalue weighted by molar-refractivity contribution is 9.10. The second-order valence-electron chi connectivity index (χ2n) is 5.72. The molecule has 0 bridgehead atoms. The van der Waals surface area contributed by atoms with Crippen LogP contribution in [0, 0.1) is 6.92 Å². The van der Waals surface area contributed by atoms with Crippen LogP contribution in [-0.4, -0.2) is 25.4 Å². The maximum absolute atomic E-state index is 12.7. The van der Waals surface area contributed by atoms with Crippen LogP contribution in [0.5, 0.6) is 0 Å². The monoisotopic (exact) mass is 423 g/mol. The number of hydrogen-bond acceptors (Lipinski definition) is 4. The number of hydrogen-bond donors (Lipinski definition) is 1. The molecule has 0 heterocycles. The highest BCUT2D eigenvalue weighted by Crippen LogP contribution is 2.21. The molecule has 0 saturated heterocycles. The van der Waals surface area contributed by atoms with Crippen molar-refractivity contribution in [1.29, 1.82) is 0 Å². The van der Waals surface area contributed by atoms with E-state index < -0.39 is 21.0 Å². The van der Waals surface area contributed by atoms with Crippen LogP contribution in [0.2, 0.25) is 0 Å². The Hall–Kier alpha value is -1.99. The first-order chi connectivity index (χ1) is 11.7. The highest BCUT2D eigenvalue weighted by atomic mass is 79.9. The first kappa shape index (κ1) is 19.3. The molecule has 0 fully saturated rings. The van der Waals surface area contributed by atoms with Gasteiger partial charge in [-0.2, -0.15) is 0 Å².